The van der Waals surface area contributed by atoms with Crippen LogP contribution in [0.25, 0.3) is 0 Å². The molecule has 0 spiro atoms. The van der Waals surface area contributed by atoms with Gasteiger partial charge in [-0.15, -0.1) is 0 Å². The van der Waals surface area contributed by atoms with Crippen LogP contribution >= 0.6 is 0 Å². The molecule has 0 aliphatic carbocycles. The van der Waals surface area contributed by atoms with Crippen molar-refractivity contribution in [2.45, 2.75) is 51.9 Å². The monoisotopic (exact) mass is 239 g/mol. The number of aliphatic hydroxyl groups excluding tert-OH is 1. The minimum Gasteiger partial charge on any atom is -0.391 e. The summed E-state index contributed by atoms with van der Waals surface area (Å²) >= 11 is 0. The van der Waals surface area contributed by atoms with Crippen molar-refractivity contribution in [3.05, 3.63) is 0 Å². The first-order valence-electron chi connectivity index (χ1n) is 5.86. The first-order valence-corrected chi connectivity index (χ1v) is 5.86. The van der Waals surface area contributed by atoms with Gasteiger partial charge in [0.25, 0.3) is 6.43 Å². The minimum absolute atomic E-state index is 0.242. The number of likely N-dealkylation sites (N-methyl/N-ethyl adjacent to an activating group) is 1. The van der Waals surface area contributed by atoms with E-state index in [0.717, 1.165) is 0 Å². The summed E-state index contributed by atoms with van der Waals surface area (Å²) in [5.41, 5.74) is 0. The molecule has 1 heterocycles. The van der Waals surface area contributed by atoms with Gasteiger partial charge in [-0.3, -0.25) is 4.90 Å². The molecular weight excluding hydrogens is 216 g/mol. The van der Waals surface area contributed by atoms with Gasteiger partial charge in [0.2, 0.25) is 0 Å². The Morgan fingerprint density at radius 3 is 2.31 bits per heavy atom. The highest BCUT2D eigenvalue weighted by Crippen LogP contribution is 2.24. The Bertz CT molecular complexity index is 171. The molecule has 0 aromatic heterocycles. The molecular formula is C11H23F2NO2. The maximum absolute atomic E-state index is 12.6. The zero-order valence-electron chi connectivity index (χ0n) is 10.5. The highest BCUT2D eigenvalue weighted by atomic mass is 19.3. The molecule has 16 heavy (non-hydrogen) atoms. The van der Waals surface area contributed by atoms with Crippen LogP contribution in [0.5, 0.6) is 0 Å². The number of halogens is 2. The van der Waals surface area contributed by atoms with Crippen molar-refractivity contribution in [3.63, 3.8) is 0 Å². The highest BCUT2D eigenvalue weighted by molar-refractivity contribution is 4.92. The summed E-state index contributed by atoms with van der Waals surface area (Å²) in [6.45, 7) is 6.56. The zero-order valence-corrected chi connectivity index (χ0v) is 10.5. The number of hydrogen-bond acceptors (Lipinski definition) is 3. The van der Waals surface area contributed by atoms with E-state index in [0.29, 0.717) is 13.0 Å². The van der Waals surface area contributed by atoms with Gasteiger partial charge in [-0.05, 0) is 20.4 Å². The van der Waals surface area contributed by atoms with Crippen molar-refractivity contribution >= 4 is 0 Å². The van der Waals surface area contributed by atoms with E-state index >= 15 is 0 Å². The first kappa shape index (κ1) is 15.7. The van der Waals surface area contributed by atoms with Gasteiger partial charge in [-0.25, -0.2) is 8.78 Å². The van der Waals surface area contributed by atoms with E-state index < -0.39 is 24.7 Å². The molecule has 0 aromatic rings. The maximum Gasteiger partial charge on any atom is 0.265 e. The third kappa shape index (κ3) is 3.96. The number of aliphatic hydroxyl groups is 1. The van der Waals surface area contributed by atoms with E-state index in [9.17, 15) is 13.9 Å². The predicted octanol–water partition coefficient (Wildman–Crippen LogP) is 1.75. The summed E-state index contributed by atoms with van der Waals surface area (Å²) in [6.07, 6.45) is -3.89. The minimum atomic E-state index is -2.55. The molecule has 0 saturated carbocycles. The number of hydrogen-bond donors (Lipinski definition) is 1. The lowest BCUT2D eigenvalue weighted by atomic mass is 10.1. The molecule has 1 rings (SSSR count). The first-order chi connectivity index (χ1) is 7.57. The van der Waals surface area contributed by atoms with Crippen LogP contribution in [0.1, 0.15) is 27.2 Å². The smallest absolute Gasteiger partial charge is 0.265 e. The van der Waals surface area contributed by atoms with Gasteiger partial charge in [0.05, 0.1) is 12.1 Å². The van der Waals surface area contributed by atoms with Crippen LogP contribution in [0.4, 0.5) is 8.78 Å². The molecule has 0 radical (unpaired) electrons. The summed E-state index contributed by atoms with van der Waals surface area (Å²) in [5.74, 6) is 0. The second kappa shape index (κ2) is 7.92. The fourth-order valence-corrected chi connectivity index (χ4v) is 1.93. The molecule has 3 atom stereocenters. The van der Waals surface area contributed by atoms with Crippen molar-refractivity contribution < 1.29 is 18.6 Å². The van der Waals surface area contributed by atoms with Crippen molar-refractivity contribution in [2.24, 2.45) is 0 Å². The molecule has 1 aliphatic rings. The van der Waals surface area contributed by atoms with E-state index in [4.69, 9.17) is 4.74 Å². The summed E-state index contributed by atoms with van der Waals surface area (Å²) in [6, 6.07) is -0.574. The third-order valence-corrected chi connectivity index (χ3v) is 2.62. The second-order valence-corrected chi connectivity index (χ2v) is 3.58. The van der Waals surface area contributed by atoms with Crippen molar-refractivity contribution in [2.75, 3.05) is 20.2 Å². The molecule has 0 bridgehead atoms. The molecule has 0 aromatic carbocycles. The Morgan fingerprint density at radius 1 is 1.44 bits per heavy atom. The van der Waals surface area contributed by atoms with Crippen LogP contribution in [0.2, 0.25) is 0 Å². The van der Waals surface area contributed by atoms with Crippen LogP contribution in [0, 0.1) is 0 Å². The molecule has 1 saturated heterocycles. The Balaban J connectivity index is 0.00000106. The zero-order chi connectivity index (χ0) is 12.7. The lowest BCUT2D eigenvalue weighted by Crippen LogP contribution is -2.47. The normalized spacial score (nSPS) is 27.8. The SMILES string of the molecule is CC.CCO[C@@H](C(F)F)[C@@H]1[C@@H](O)CCN1C. The third-order valence-electron chi connectivity index (χ3n) is 2.62. The summed E-state index contributed by atoms with van der Waals surface area (Å²) in [7, 11) is 1.73. The topological polar surface area (TPSA) is 32.7 Å². The fraction of sp³-hybridized carbons (Fsp3) is 1.00. The average Bonchev–Trinajstić information content (AvgIpc) is 2.58. The Kier molecular flexibility index (Phi) is 7.80. The molecule has 0 amide bonds. The maximum atomic E-state index is 12.6. The summed E-state index contributed by atoms with van der Waals surface area (Å²) < 4.78 is 30.2. The number of nitrogens with zero attached hydrogens (tertiary/aromatic N) is 1. The molecule has 1 N–H and O–H groups in total. The van der Waals surface area contributed by atoms with Crippen molar-refractivity contribution in [3.8, 4) is 0 Å². The number of ether oxygens (including phenoxy) is 1. The highest BCUT2D eigenvalue weighted by Gasteiger charge is 2.41. The van der Waals surface area contributed by atoms with Gasteiger partial charge in [-0.1, -0.05) is 13.8 Å². The molecule has 1 aliphatic heterocycles. The Hall–Kier alpha value is -0.260. The standard InChI is InChI=1S/C9H17F2NO2.C2H6/c1-3-14-8(9(10)11)7-6(13)4-5-12(7)2;1-2/h6-9,13H,3-5H2,1-2H3;1-2H3/t6-,7-,8+;/m0./s1. The Morgan fingerprint density at radius 2 is 2.00 bits per heavy atom. The lowest BCUT2D eigenvalue weighted by Gasteiger charge is -2.30. The fourth-order valence-electron chi connectivity index (χ4n) is 1.93. The van der Waals surface area contributed by atoms with Crippen LogP contribution < -0.4 is 0 Å². The number of likely N-dealkylation sites (tertiary alicyclic amines) is 1. The van der Waals surface area contributed by atoms with Crippen molar-refractivity contribution in [1.82, 2.24) is 4.90 Å². The molecule has 98 valence electrons. The lowest BCUT2D eigenvalue weighted by molar-refractivity contribution is -0.102. The quantitative estimate of drug-likeness (QED) is 0.811. The van der Waals surface area contributed by atoms with Crippen LogP contribution in [-0.2, 0) is 4.74 Å². The van der Waals surface area contributed by atoms with Gasteiger partial charge in [0, 0.05) is 13.2 Å². The van der Waals surface area contributed by atoms with E-state index in [1.54, 1.807) is 18.9 Å². The molecule has 3 nitrogen and oxygen atoms in total. The van der Waals surface area contributed by atoms with E-state index in [2.05, 4.69) is 0 Å². The van der Waals surface area contributed by atoms with E-state index in [1.807, 2.05) is 13.8 Å². The number of alkyl halides is 2. The summed E-state index contributed by atoms with van der Waals surface area (Å²) in [5, 5.41) is 9.55. The second-order valence-electron chi connectivity index (χ2n) is 3.58. The van der Waals surface area contributed by atoms with Gasteiger partial charge in [0.1, 0.15) is 6.10 Å². The molecule has 0 unspecified atom stereocenters. The molecule has 5 heteroatoms. The Labute approximate surface area is 96.4 Å². The van der Waals surface area contributed by atoms with Gasteiger partial charge in [-0.2, -0.15) is 0 Å². The summed E-state index contributed by atoms with van der Waals surface area (Å²) in [4.78, 5) is 1.73. The van der Waals surface area contributed by atoms with Gasteiger partial charge < -0.3 is 9.84 Å². The average molecular weight is 239 g/mol. The number of rotatable bonds is 4. The predicted molar refractivity (Wildman–Crippen MR) is 59.8 cm³/mol. The molecule has 1 fully saturated rings. The van der Waals surface area contributed by atoms with Gasteiger partial charge >= 0.3 is 0 Å². The van der Waals surface area contributed by atoms with Crippen LogP contribution in [-0.4, -0.2) is 54.9 Å². The van der Waals surface area contributed by atoms with Gasteiger partial charge in [0.15, 0.2) is 0 Å². The van der Waals surface area contributed by atoms with Crippen molar-refractivity contribution in [1.29, 1.82) is 0 Å². The van der Waals surface area contributed by atoms with Crippen LogP contribution in [0.15, 0.2) is 0 Å². The van der Waals surface area contributed by atoms with Crippen LogP contribution in [0.3, 0.4) is 0 Å². The van der Waals surface area contributed by atoms with E-state index in [1.165, 1.54) is 0 Å². The largest absolute Gasteiger partial charge is 0.391 e. The van der Waals surface area contributed by atoms with E-state index in [-0.39, 0.29) is 6.61 Å².